The highest BCUT2D eigenvalue weighted by Gasteiger charge is 2.13. The Balaban J connectivity index is 1.42. The summed E-state index contributed by atoms with van der Waals surface area (Å²) in [4.78, 5) is 14.5. The number of rotatable bonds is 8. The largest absolute Gasteiger partial charge is 0.350 e. The van der Waals surface area contributed by atoms with Gasteiger partial charge in [-0.2, -0.15) is 0 Å². The van der Waals surface area contributed by atoms with Gasteiger partial charge < -0.3 is 14.7 Å². The third kappa shape index (κ3) is 5.53. The summed E-state index contributed by atoms with van der Waals surface area (Å²) in [6, 6.07) is 20.0. The van der Waals surface area contributed by atoms with Crippen molar-refractivity contribution >= 4 is 5.91 Å². The second kappa shape index (κ2) is 9.14. The minimum Gasteiger partial charge on any atom is -0.350 e. The van der Waals surface area contributed by atoms with Crippen molar-refractivity contribution in [1.29, 1.82) is 0 Å². The van der Waals surface area contributed by atoms with Gasteiger partial charge in [0.1, 0.15) is 5.69 Å². The Hall–Kier alpha value is -2.92. The molecule has 27 heavy (non-hydrogen) atoms. The first-order chi connectivity index (χ1) is 13.1. The van der Waals surface area contributed by atoms with E-state index in [0.29, 0.717) is 12.2 Å². The highest BCUT2D eigenvalue weighted by Crippen LogP contribution is 2.19. The number of hydrogen-bond donors (Lipinski definition) is 1. The van der Waals surface area contributed by atoms with Crippen LogP contribution in [0.25, 0.3) is 11.3 Å². The summed E-state index contributed by atoms with van der Waals surface area (Å²) in [5, 5.41) is 6.89. The Morgan fingerprint density at radius 1 is 1.11 bits per heavy atom. The predicted octanol–water partition coefficient (Wildman–Crippen LogP) is 3.90. The van der Waals surface area contributed by atoms with Gasteiger partial charge in [-0.15, -0.1) is 0 Å². The molecule has 0 saturated heterocycles. The summed E-state index contributed by atoms with van der Waals surface area (Å²) in [5.41, 5.74) is 4.07. The molecule has 5 nitrogen and oxygen atoms in total. The van der Waals surface area contributed by atoms with Crippen LogP contribution in [-0.2, 0) is 6.54 Å². The molecular weight excluding hydrogens is 338 g/mol. The smallest absolute Gasteiger partial charge is 0.289 e. The minimum atomic E-state index is -0.230. The molecule has 0 radical (unpaired) electrons. The van der Waals surface area contributed by atoms with E-state index in [1.807, 2.05) is 49.4 Å². The summed E-state index contributed by atoms with van der Waals surface area (Å²) in [6.45, 7) is 4.43. The molecular formula is C22H25N3O2. The Bertz CT molecular complexity index is 857. The molecule has 0 atom stereocenters. The van der Waals surface area contributed by atoms with Crippen LogP contribution in [0, 0.1) is 6.92 Å². The summed E-state index contributed by atoms with van der Waals surface area (Å²) in [7, 11) is 2.08. The van der Waals surface area contributed by atoms with Crippen molar-refractivity contribution in [3.63, 3.8) is 0 Å². The fourth-order valence-corrected chi connectivity index (χ4v) is 2.85. The number of nitrogens with one attached hydrogen (secondary N) is 1. The first-order valence-electron chi connectivity index (χ1n) is 9.16. The van der Waals surface area contributed by atoms with E-state index in [1.165, 1.54) is 11.1 Å². The number of amides is 1. The molecule has 3 aromatic rings. The van der Waals surface area contributed by atoms with Crippen LogP contribution in [0.2, 0.25) is 0 Å². The zero-order valence-electron chi connectivity index (χ0n) is 15.8. The lowest BCUT2D eigenvalue weighted by atomic mass is 10.1. The molecule has 0 bridgehead atoms. The summed E-state index contributed by atoms with van der Waals surface area (Å²) >= 11 is 0. The van der Waals surface area contributed by atoms with Crippen LogP contribution >= 0.6 is 0 Å². The van der Waals surface area contributed by atoms with Crippen LogP contribution in [-0.4, -0.2) is 36.1 Å². The third-order valence-corrected chi connectivity index (χ3v) is 4.38. The van der Waals surface area contributed by atoms with Gasteiger partial charge in [-0.25, -0.2) is 0 Å². The van der Waals surface area contributed by atoms with Gasteiger partial charge in [0.05, 0.1) is 0 Å². The summed E-state index contributed by atoms with van der Waals surface area (Å²) in [6.07, 6.45) is 0.869. The molecule has 0 unspecified atom stereocenters. The maximum Gasteiger partial charge on any atom is 0.289 e. The maximum atomic E-state index is 12.2. The maximum absolute atomic E-state index is 12.2. The number of benzene rings is 2. The molecule has 3 rings (SSSR count). The zero-order valence-corrected chi connectivity index (χ0v) is 15.8. The lowest BCUT2D eigenvalue weighted by Crippen LogP contribution is -2.27. The molecule has 2 aromatic carbocycles. The molecule has 1 amide bonds. The lowest BCUT2D eigenvalue weighted by Gasteiger charge is -2.16. The molecule has 0 aliphatic rings. The highest BCUT2D eigenvalue weighted by atomic mass is 16.5. The van der Waals surface area contributed by atoms with Crippen molar-refractivity contribution in [3.8, 4) is 11.3 Å². The number of nitrogens with zero attached hydrogens (tertiary/aromatic N) is 2. The molecule has 1 N–H and O–H groups in total. The monoisotopic (exact) mass is 363 g/mol. The van der Waals surface area contributed by atoms with E-state index in [1.54, 1.807) is 6.07 Å². The molecule has 5 heteroatoms. The second-order valence-electron chi connectivity index (χ2n) is 6.78. The average Bonchev–Trinajstić information content (AvgIpc) is 3.17. The van der Waals surface area contributed by atoms with Crippen LogP contribution in [0.1, 0.15) is 28.1 Å². The molecule has 0 fully saturated rings. The van der Waals surface area contributed by atoms with E-state index in [9.17, 15) is 4.79 Å². The molecule has 0 saturated carbocycles. The van der Waals surface area contributed by atoms with Crippen molar-refractivity contribution in [2.75, 3.05) is 20.1 Å². The number of aromatic nitrogens is 1. The van der Waals surface area contributed by atoms with Crippen LogP contribution in [0.3, 0.4) is 0 Å². The molecule has 0 aliphatic carbocycles. The number of hydrogen-bond acceptors (Lipinski definition) is 4. The van der Waals surface area contributed by atoms with Gasteiger partial charge in [0.25, 0.3) is 5.91 Å². The Labute approximate surface area is 160 Å². The first-order valence-corrected chi connectivity index (χ1v) is 9.16. The molecule has 0 aliphatic heterocycles. The zero-order chi connectivity index (χ0) is 19.1. The fraction of sp³-hybridized carbons (Fsp3) is 0.273. The van der Waals surface area contributed by atoms with Crippen molar-refractivity contribution < 1.29 is 9.32 Å². The topological polar surface area (TPSA) is 58.4 Å². The standard InChI is InChI=1S/C22H25N3O2/c1-17-9-11-19(12-10-17)20-15-21(27-24-20)22(26)23-13-6-14-25(2)16-18-7-4-3-5-8-18/h3-5,7-12,15H,6,13-14,16H2,1-2H3,(H,23,26). The van der Waals surface area contributed by atoms with Crippen molar-refractivity contribution in [3.05, 3.63) is 77.6 Å². The molecule has 0 spiro atoms. The van der Waals surface area contributed by atoms with Gasteiger partial charge in [-0.1, -0.05) is 65.3 Å². The summed E-state index contributed by atoms with van der Waals surface area (Å²) in [5.74, 6) is 0.00906. The van der Waals surface area contributed by atoms with Crippen LogP contribution < -0.4 is 5.32 Å². The van der Waals surface area contributed by atoms with Gasteiger partial charge in [0, 0.05) is 24.7 Å². The second-order valence-corrected chi connectivity index (χ2v) is 6.78. The Morgan fingerprint density at radius 2 is 1.85 bits per heavy atom. The third-order valence-electron chi connectivity index (χ3n) is 4.38. The van der Waals surface area contributed by atoms with Crippen molar-refractivity contribution in [2.45, 2.75) is 19.9 Å². The van der Waals surface area contributed by atoms with Gasteiger partial charge in [0.2, 0.25) is 5.76 Å². The van der Waals surface area contributed by atoms with Crippen LogP contribution in [0.5, 0.6) is 0 Å². The van der Waals surface area contributed by atoms with E-state index in [4.69, 9.17) is 4.52 Å². The van der Waals surface area contributed by atoms with Crippen LogP contribution in [0.15, 0.2) is 65.2 Å². The van der Waals surface area contributed by atoms with Gasteiger partial charge >= 0.3 is 0 Å². The quantitative estimate of drug-likeness (QED) is 0.617. The van der Waals surface area contributed by atoms with E-state index < -0.39 is 0 Å². The summed E-state index contributed by atoms with van der Waals surface area (Å²) < 4.78 is 5.20. The average molecular weight is 363 g/mol. The fourth-order valence-electron chi connectivity index (χ4n) is 2.85. The normalized spacial score (nSPS) is 10.9. The van der Waals surface area contributed by atoms with Gasteiger partial charge in [0.15, 0.2) is 0 Å². The van der Waals surface area contributed by atoms with Gasteiger partial charge in [-0.05, 0) is 32.5 Å². The van der Waals surface area contributed by atoms with E-state index >= 15 is 0 Å². The number of aryl methyl sites for hydroxylation is 1. The van der Waals surface area contributed by atoms with Gasteiger partial charge in [-0.3, -0.25) is 4.79 Å². The SMILES string of the molecule is Cc1ccc(-c2cc(C(=O)NCCCN(C)Cc3ccccc3)on2)cc1. The molecule has 140 valence electrons. The van der Waals surface area contributed by atoms with Crippen molar-refractivity contribution in [1.82, 2.24) is 15.4 Å². The number of carbonyl (C=O) groups excluding carboxylic acids is 1. The van der Waals surface area contributed by atoms with E-state index in [0.717, 1.165) is 25.1 Å². The first kappa shape index (κ1) is 18.9. The minimum absolute atomic E-state index is 0.230. The molecule has 1 aromatic heterocycles. The van der Waals surface area contributed by atoms with Crippen molar-refractivity contribution in [2.24, 2.45) is 0 Å². The number of carbonyl (C=O) groups is 1. The lowest BCUT2D eigenvalue weighted by molar-refractivity contribution is 0.0915. The molecule has 1 heterocycles. The Morgan fingerprint density at radius 3 is 2.59 bits per heavy atom. The van der Waals surface area contributed by atoms with Crippen LogP contribution in [0.4, 0.5) is 0 Å². The predicted molar refractivity (Wildman–Crippen MR) is 106 cm³/mol. The Kier molecular flexibility index (Phi) is 6.39. The van der Waals surface area contributed by atoms with E-state index in [-0.39, 0.29) is 11.7 Å². The highest BCUT2D eigenvalue weighted by molar-refractivity contribution is 5.92. The van der Waals surface area contributed by atoms with E-state index in [2.05, 4.69) is 34.6 Å².